The second-order valence-electron chi connectivity index (χ2n) is 4.32. The van der Waals surface area contributed by atoms with Gasteiger partial charge in [0.1, 0.15) is 6.10 Å². The number of aliphatic hydroxyl groups excluding tert-OH is 1. The minimum absolute atomic E-state index is 0.345. The van der Waals surface area contributed by atoms with Crippen molar-refractivity contribution in [2.45, 2.75) is 45.6 Å². The van der Waals surface area contributed by atoms with Gasteiger partial charge < -0.3 is 5.11 Å². The van der Waals surface area contributed by atoms with Gasteiger partial charge in [-0.05, 0) is 56.7 Å². The Labute approximate surface area is 95.5 Å². The molecule has 1 N–H and O–H groups in total. The number of aryl methyl sites for hydroxylation is 2. The summed E-state index contributed by atoms with van der Waals surface area (Å²) in [6.45, 7) is 4.22. The van der Waals surface area contributed by atoms with E-state index in [1.165, 1.54) is 28.9 Å². The molecule has 82 valence electrons. The van der Waals surface area contributed by atoms with Crippen LogP contribution in [0.3, 0.4) is 0 Å². The van der Waals surface area contributed by atoms with Crippen molar-refractivity contribution in [3.05, 3.63) is 33.0 Å². The quantitative estimate of drug-likeness (QED) is 0.752. The fraction of sp³-hybridized carbons (Fsp3) is 0.538. The summed E-state index contributed by atoms with van der Waals surface area (Å²) in [6.07, 6.45) is 6.58. The van der Waals surface area contributed by atoms with E-state index in [4.69, 9.17) is 0 Å². The molecule has 0 aliphatic heterocycles. The Morgan fingerprint density at radius 1 is 1.33 bits per heavy atom. The zero-order valence-corrected chi connectivity index (χ0v) is 10.2. The molecule has 0 aromatic carbocycles. The first kappa shape index (κ1) is 10.9. The summed E-state index contributed by atoms with van der Waals surface area (Å²) in [7, 11) is 0. The molecule has 15 heavy (non-hydrogen) atoms. The lowest BCUT2D eigenvalue weighted by Crippen LogP contribution is -2.02. The zero-order chi connectivity index (χ0) is 10.8. The third kappa shape index (κ3) is 2.32. The van der Waals surface area contributed by atoms with E-state index in [2.05, 4.69) is 26.0 Å². The SMILES string of the molecule is Cc1cc(C(O)C2=CCCCC2)sc1C. The van der Waals surface area contributed by atoms with Gasteiger partial charge in [-0.15, -0.1) is 11.3 Å². The maximum Gasteiger partial charge on any atom is 0.109 e. The van der Waals surface area contributed by atoms with E-state index in [9.17, 15) is 5.11 Å². The van der Waals surface area contributed by atoms with E-state index in [0.29, 0.717) is 0 Å². The second-order valence-corrected chi connectivity index (χ2v) is 5.60. The topological polar surface area (TPSA) is 20.2 Å². The van der Waals surface area contributed by atoms with E-state index < -0.39 is 0 Å². The Balaban J connectivity index is 2.19. The first-order chi connectivity index (χ1) is 7.18. The Hall–Kier alpha value is -0.600. The molecule has 2 heteroatoms. The highest BCUT2D eigenvalue weighted by Gasteiger charge is 2.17. The minimum Gasteiger partial charge on any atom is -0.383 e. The molecule has 0 bridgehead atoms. The molecule has 0 amide bonds. The average Bonchev–Trinajstić information content (AvgIpc) is 2.59. The van der Waals surface area contributed by atoms with Crippen molar-refractivity contribution in [1.82, 2.24) is 0 Å². The van der Waals surface area contributed by atoms with Crippen LogP contribution in [-0.4, -0.2) is 5.11 Å². The van der Waals surface area contributed by atoms with E-state index >= 15 is 0 Å². The van der Waals surface area contributed by atoms with Crippen molar-refractivity contribution >= 4 is 11.3 Å². The molecule has 1 aliphatic carbocycles. The molecular weight excluding hydrogens is 204 g/mol. The van der Waals surface area contributed by atoms with Crippen LogP contribution < -0.4 is 0 Å². The van der Waals surface area contributed by atoms with E-state index in [0.717, 1.165) is 17.7 Å². The molecule has 1 atom stereocenters. The summed E-state index contributed by atoms with van der Waals surface area (Å²) in [5, 5.41) is 10.2. The van der Waals surface area contributed by atoms with Crippen LogP contribution in [0.2, 0.25) is 0 Å². The highest BCUT2D eigenvalue weighted by molar-refractivity contribution is 7.12. The lowest BCUT2D eigenvalue weighted by molar-refractivity contribution is 0.212. The molecule has 1 heterocycles. The average molecular weight is 222 g/mol. The van der Waals surface area contributed by atoms with Crippen LogP contribution >= 0.6 is 11.3 Å². The second kappa shape index (κ2) is 4.50. The third-order valence-corrected chi connectivity index (χ3v) is 4.34. The maximum absolute atomic E-state index is 10.2. The van der Waals surface area contributed by atoms with Crippen LogP contribution in [0.5, 0.6) is 0 Å². The van der Waals surface area contributed by atoms with Crippen molar-refractivity contribution < 1.29 is 5.11 Å². The molecule has 0 radical (unpaired) electrons. The van der Waals surface area contributed by atoms with E-state index in [1.54, 1.807) is 11.3 Å². The monoisotopic (exact) mass is 222 g/mol. The van der Waals surface area contributed by atoms with Gasteiger partial charge in [0.25, 0.3) is 0 Å². The number of rotatable bonds is 2. The summed E-state index contributed by atoms with van der Waals surface area (Å²) < 4.78 is 0. The summed E-state index contributed by atoms with van der Waals surface area (Å²) in [6, 6.07) is 2.13. The number of thiophene rings is 1. The minimum atomic E-state index is -0.345. The highest BCUT2D eigenvalue weighted by Crippen LogP contribution is 2.34. The normalized spacial score (nSPS) is 18.7. The summed E-state index contributed by atoms with van der Waals surface area (Å²) in [5.74, 6) is 0. The van der Waals surface area contributed by atoms with Gasteiger partial charge in [-0.25, -0.2) is 0 Å². The Morgan fingerprint density at radius 2 is 2.13 bits per heavy atom. The molecule has 0 spiro atoms. The van der Waals surface area contributed by atoms with Crippen molar-refractivity contribution in [3.8, 4) is 0 Å². The van der Waals surface area contributed by atoms with Crippen LogP contribution in [0, 0.1) is 13.8 Å². The van der Waals surface area contributed by atoms with Gasteiger partial charge in [0, 0.05) is 9.75 Å². The van der Waals surface area contributed by atoms with Crippen LogP contribution in [0.25, 0.3) is 0 Å². The van der Waals surface area contributed by atoms with Crippen LogP contribution in [0.1, 0.15) is 47.1 Å². The van der Waals surface area contributed by atoms with Gasteiger partial charge >= 0.3 is 0 Å². The molecule has 0 saturated heterocycles. The molecular formula is C13H18OS. The van der Waals surface area contributed by atoms with E-state index in [-0.39, 0.29) is 6.10 Å². The maximum atomic E-state index is 10.2. The lowest BCUT2D eigenvalue weighted by atomic mass is 9.94. The number of aliphatic hydroxyl groups is 1. The molecule has 0 fully saturated rings. The number of allylic oxidation sites excluding steroid dienone is 1. The largest absolute Gasteiger partial charge is 0.383 e. The standard InChI is InChI=1S/C13H18OS/c1-9-8-12(15-10(9)2)13(14)11-6-4-3-5-7-11/h6,8,13-14H,3-5,7H2,1-2H3. The first-order valence-electron chi connectivity index (χ1n) is 5.62. The van der Waals surface area contributed by atoms with Crippen LogP contribution in [0.15, 0.2) is 17.7 Å². The number of hydrogen-bond acceptors (Lipinski definition) is 2. The molecule has 0 saturated carbocycles. The summed E-state index contributed by atoms with van der Waals surface area (Å²) >= 11 is 1.73. The van der Waals surface area contributed by atoms with Crippen LogP contribution in [-0.2, 0) is 0 Å². The molecule has 1 unspecified atom stereocenters. The summed E-state index contributed by atoms with van der Waals surface area (Å²) in [5.41, 5.74) is 2.52. The Morgan fingerprint density at radius 3 is 2.67 bits per heavy atom. The lowest BCUT2D eigenvalue weighted by Gasteiger charge is -2.17. The Bertz CT molecular complexity index is 356. The molecule has 1 aromatic heterocycles. The first-order valence-corrected chi connectivity index (χ1v) is 6.44. The zero-order valence-electron chi connectivity index (χ0n) is 9.42. The smallest absolute Gasteiger partial charge is 0.109 e. The van der Waals surface area contributed by atoms with Gasteiger partial charge in [-0.2, -0.15) is 0 Å². The fourth-order valence-electron chi connectivity index (χ4n) is 2.03. The van der Waals surface area contributed by atoms with Crippen LogP contribution in [0.4, 0.5) is 0 Å². The van der Waals surface area contributed by atoms with Crippen molar-refractivity contribution in [1.29, 1.82) is 0 Å². The molecule has 1 aromatic rings. The molecule has 1 nitrogen and oxygen atoms in total. The number of hydrogen-bond donors (Lipinski definition) is 1. The summed E-state index contributed by atoms with van der Waals surface area (Å²) in [4.78, 5) is 2.43. The highest BCUT2D eigenvalue weighted by atomic mass is 32.1. The van der Waals surface area contributed by atoms with Crippen molar-refractivity contribution in [2.75, 3.05) is 0 Å². The predicted octanol–water partition coefficient (Wildman–Crippen LogP) is 3.90. The molecule has 2 rings (SSSR count). The third-order valence-electron chi connectivity index (χ3n) is 3.13. The van der Waals surface area contributed by atoms with Crippen molar-refractivity contribution in [3.63, 3.8) is 0 Å². The fourth-order valence-corrected chi connectivity index (χ4v) is 3.10. The van der Waals surface area contributed by atoms with Crippen molar-refractivity contribution in [2.24, 2.45) is 0 Å². The van der Waals surface area contributed by atoms with Gasteiger partial charge in [0.15, 0.2) is 0 Å². The van der Waals surface area contributed by atoms with Gasteiger partial charge in [0.05, 0.1) is 0 Å². The predicted molar refractivity (Wildman–Crippen MR) is 65.3 cm³/mol. The van der Waals surface area contributed by atoms with E-state index in [1.807, 2.05) is 0 Å². The van der Waals surface area contributed by atoms with Gasteiger partial charge in [-0.3, -0.25) is 0 Å². The van der Waals surface area contributed by atoms with Gasteiger partial charge in [0.2, 0.25) is 0 Å². The van der Waals surface area contributed by atoms with Gasteiger partial charge in [-0.1, -0.05) is 6.08 Å². The molecule has 1 aliphatic rings. The Kier molecular flexibility index (Phi) is 3.27.